The molecule has 25 heavy (non-hydrogen) atoms. The van der Waals surface area contributed by atoms with Crippen molar-refractivity contribution in [3.05, 3.63) is 53.1 Å². The zero-order valence-corrected chi connectivity index (χ0v) is 14.5. The molecular formula is C19H21NO5. The number of carbonyl (C=O) groups excluding carboxylic acids is 1. The van der Waals surface area contributed by atoms with E-state index in [2.05, 4.69) is 5.32 Å². The molecule has 0 spiro atoms. The Labute approximate surface area is 146 Å². The topological polar surface area (TPSA) is 84.9 Å². The average molecular weight is 343 g/mol. The van der Waals surface area contributed by atoms with Crippen molar-refractivity contribution in [3.8, 4) is 11.5 Å². The second-order valence-electron chi connectivity index (χ2n) is 5.53. The molecule has 2 aromatic rings. The zero-order valence-electron chi connectivity index (χ0n) is 14.5. The van der Waals surface area contributed by atoms with Crippen LogP contribution in [0.2, 0.25) is 0 Å². The predicted molar refractivity (Wildman–Crippen MR) is 94.6 cm³/mol. The molecule has 0 aliphatic heterocycles. The van der Waals surface area contributed by atoms with E-state index < -0.39 is 12.6 Å². The number of rotatable bonds is 7. The summed E-state index contributed by atoms with van der Waals surface area (Å²) in [5.74, 6) is -0.753. The zero-order chi connectivity index (χ0) is 18.4. The van der Waals surface area contributed by atoms with E-state index in [-0.39, 0.29) is 11.7 Å². The van der Waals surface area contributed by atoms with Crippen LogP contribution in [0.25, 0.3) is 0 Å². The SMILES string of the molecule is CCOc1cc(C(=O)Nc2ccc(C)c(C)c2)ccc1OCC(=O)O. The van der Waals surface area contributed by atoms with Crippen molar-refractivity contribution in [2.75, 3.05) is 18.5 Å². The predicted octanol–water partition coefficient (Wildman–Crippen LogP) is 3.42. The molecule has 0 unspecified atom stereocenters. The van der Waals surface area contributed by atoms with E-state index in [1.807, 2.05) is 32.0 Å². The number of aryl methyl sites for hydroxylation is 2. The molecule has 0 atom stereocenters. The summed E-state index contributed by atoms with van der Waals surface area (Å²) in [5.41, 5.74) is 3.34. The van der Waals surface area contributed by atoms with Crippen LogP contribution in [0.4, 0.5) is 5.69 Å². The van der Waals surface area contributed by atoms with Gasteiger partial charge in [0.2, 0.25) is 0 Å². The van der Waals surface area contributed by atoms with Gasteiger partial charge in [0.1, 0.15) is 0 Å². The summed E-state index contributed by atoms with van der Waals surface area (Å²) in [4.78, 5) is 23.1. The second-order valence-corrected chi connectivity index (χ2v) is 5.53. The Morgan fingerprint density at radius 2 is 1.76 bits per heavy atom. The summed E-state index contributed by atoms with van der Waals surface area (Å²) in [6.07, 6.45) is 0. The third-order valence-corrected chi connectivity index (χ3v) is 3.62. The Morgan fingerprint density at radius 1 is 1.00 bits per heavy atom. The Balaban J connectivity index is 2.19. The molecule has 2 N–H and O–H groups in total. The van der Waals surface area contributed by atoms with Crippen molar-refractivity contribution < 1.29 is 24.2 Å². The number of hydrogen-bond acceptors (Lipinski definition) is 4. The lowest BCUT2D eigenvalue weighted by molar-refractivity contribution is -0.139. The van der Waals surface area contributed by atoms with E-state index in [1.54, 1.807) is 13.0 Å². The fourth-order valence-corrected chi connectivity index (χ4v) is 2.20. The highest BCUT2D eigenvalue weighted by atomic mass is 16.5. The fraction of sp³-hybridized carbons (Fsp3) is 0.263. The van der Waals surface area contributed by atoms with E-state index in [0.717, 1.165) is 11.1 Å². The molecule has 0 heterocycles. The summed E-state index contributed by atoms with van der Waals surface area (Å²) in [6.45, 7) is 5.67. The molecule has 0 saturated heterocycles. The molecule has 0 aliphatic rings. The van der Waals surface area contributed by atoms with Gasteiger partial charge in [0, 0.05) is 11.3 Å². The highest BCUT2D eigenvalue weighted by Gasteiger charge is 2.13. The molecule has 1 amide bonds. The average Bonchev–Trinajstić information content (AvgIpc) is 2.57. The smallest absolute Gasteiger partial charge is 0.341 e. The molecule has 132 valence electrons. The molecule has 2 rings (SSSR count). The number of carboxylic acid groups (broad SMARTS) is 1. The maximum atomic E-state index is 12.4. The van der Waals surface area contributed by atoms with Gasteiger partial charge in [0.25, 0.3) is 5.91 Å². The summed E-state index contributed by atoms with van der Waals surface area (Å²) in [5, 5.41) is 11.6. The molecular weight excluding hydrogens is 322 g/mol. The van der Waals surface area contributed by atoms with Crippen molar-refractivity contribution in [1.82, 2.24) is 0 Å². The number of carboxylic acids is 1. The van der Waals surface area contributed by atoms with Gasteiger partial charge in [-0.3, -0.25) is 4.79 Å². The van der Waals surface area contributed by atoms with E-state index in [1.165, 1.54) is 12.1 Å². The number of amides is 1. The highest BCUT2D eigenvalue weighted by Crippen LogP contribution is 2.29. The largest absolute Gasteiger partial charge is 0.490 e. The van der Waals surface area contributed by atoms with E-state index >= 15 is 0 Å². The minimum Gasteiger partial charge on any atom is -0.490 e. The van der Waals surface area contributed by atoms with Gasteiger partial charge < -0.3 is 19.9 Å². The van der Waals surface area contributed by atoms with Gasteiger partial charge in [-0.25, -0.2) is 4.79 Å². The van der Waals surface area contributed by atoms with E-state index in [4.69, 9.17) is 14.6 Å². The number of benzene rings is 2. The minimum absolute atomic E-state index is 0.283. The monoisotopic (exact) mass is 343 g/mol. The number of ether oxygens (including phenoxy) is 2. The lowest BCUT2D eigenvalue weighted by Crippen LogP contribution is -2.13. The normalized spacial score (nSPS) is 10.2. The van der Waals surface area contributed by atoms with Crippen molar-refractivity contribution in [2.45, 2.75) is 20.8 Å². The molecule has 6 heteroatoms. The quantitative estimate of drug-likeness (QED) is 0.805. The first kappa shape index (κ1) is 18.3. The number of anilines is 1. The maximum Gasteiger partial charge on any atom is 0.341 e. The summed E-state index contributed by atoms with van der Waals surface area (Å²) in [6, 6.07) is 10.3. The lowest BCUT2D eigenvalue weighted by atomic mass is 10.1. The van der Waals surface area contributed by atoms with Crippen LogP contribution in [0.3, 0.4) is 0 Å². The molecule has 0 saturated carbocycles. The Kier molecular flexibility index (Phi) is 6.00. The third-order valence-electron chi connectivity index (χ3n) is 3.62. The molecule has 0 radical (unpaired) electrons. The van der Waals surface area contributed by atoms with Crippen molar-refractivity contribution >= 4 is 17.6 Å². The van der Waals surface area contributed by atoms with Crippen LogP contribution in [-0.2, 0) is 4.79 Å². The van der Waals surface area contributed by atoms with Gasteiger partial charge in [-0.2, -0.15) is 0 Å². The van der Waals surface area contributed by atoms with Gasteiger partial charge in [0.15, 0.2) is 18.1 Å². The van der Waals surface area contributed by atoms with Crippen LogP contribution in [0, 0.1) is 13.8 Å². The van der Waals surface area contributed by atoms with Gasteiger partial charge in [0.05, 0.1) is 6.61 Å². The van der Waals surface area contributed by atoms with Crippen LogP contribution < -0.4 is 14.8 Å². The van der Waals surface area contributed by atoms with Gasteiger partial charge in [-0.05, 0) is 62.2 Å². The third kappa shape index (κ3) is 4.97. The van der Waals surface area contributed by atoms with E-state index in [9.17, 15) is 9.59 Å². The van der Waals surface area contributed by atoms with Crippen LogP contribution in [0.5, 0.6) is 11.5 Å². The Bertz CT molecular complexity index is 785. The Morgan fingerprint density at radius 3 is 2.40 bits per heavy atom. The number of nitrogens with one attached hydrogen (secondary N) is 1. The van der Waals surface area contributed by atoms with Gasteiger partial charge >= 0.3 is 5.97 Å². The van der Waals surface area contributed by atoms with Crippen LogP contribution >= 0.6 is 0 Å². The molecule has 2 aromatic carbocycles. The standard InChI is InChI=1S/C19H21NO5/c1-4-24-17-10-14(6-8-16(17)25-11-18(21)22)19(23)20-15-7-5-12(2)13(3)9-15/h5-10H,4,11H2,1-3H3,(H,20,23)(H,21,22). The summed E-state index contributed by atoms with van der Waals surface area (Å²) in [7, 11) is 0. The first-order chi connectivity index (χ1) is 11.9. The minimum atomic E-state index is -1.08. The molecule has 0 aromatic heterocycles. The first-order valence-electron chi connectivity index (χ1n) is 7.90. The Hall–Kier alpha value is -3.02. The first-order valence-corrected chi connectivity index (χ1v) is 7.90. The highest BCUT2D eigenvalue weighted by molar-refractivity contribution is 6.04. The number of carbonyl (C=O) groups is 2. The fourth-order valence-electron chi connectivity index (χ4n) is 2.20. The summed E-state index contributed by atoms with van der Waals surface area (Å²) >= 11 is 0. The van der Waals surface area contributed by atoms with Crippen LogP contribution in [0.15, 0.2) is 36.4 Å². The molecule has 6 nitrogen and oxygen atoms in total. The maximum absolute atomic E-state index is 12.4. The van der Waals surface area contributed by atoms with Crippen LogP contribution in [0.1, 0.15) is 28.4 Å². The number of hydrogen-bond donors (Lipinski definition) is 2. The number of aliphatic carboxylic acids is 1. The van der Waals surface area contributed by atoms with Crippen molar-refractivity contribution in [3.63, 3.8) is 0 Å². The molecule has 0 fully saturated rings. The van der Waals surface area contributed by atoms with Crippen LogP contribution in [-0.4, -0.2) is 30.2 Å². The van der Waals surface area contributed by atoms with Crippen molar-refractivity contribution in [2.24, 2.45) is 0 Å². The van der Waals surface area contributed by atoms with E-state index in [0.29, 0.717) is 23.6 Å². The van der Waals surface area contributed by atoms with Crippen molar-refractivity contribution in [1.29, 1.82) is 0 Å². The lowest BCUT2D eigenvalue weighted by Gasteiger charge is -2.13. The van der Waals surface area contributed by atoms with Gasteiger partial charge in [-0.15, -0.1) is 0 Å². The molecule has 0 bridgehead atoms. The molecule has 0 aliphatic carbocycles. The summed E-state index contributed by atoms with van der Waals surface area (Å²) < 4.78 is 10.6. The van der Waals surface area contributed by atoms with Gasteiger partial charge in [-0.1, -0.05) is 6.07 Å². The second kappa shape index (κ2) is 8.19.